The van der Waals surface area contributed by atoms with Crippen molar-refractivity contribution >= 4 is 22.8 Å². The summed E-state index contributed by atoms with van der Waals surface area (Å²) in [6, 6.07) is 0.938. The fourth-order valence-corrected chi connectivity index (χ4v) is 4.93. The number of aliphatic carboxylic acids is 1. The molecule has 0 aliphatic heterocycles. The molecule has 29 heavy (non-hydrogen) atoms. The molecule has 0 aromatic carbocycles. The molecule has 3 fully saturated rings. The smallest absolute Gasteiger partial charge is 0.308 e. The van der Waals surface area contributed by atoms with Crippen LogP contribution in [0.3, 0.4) is 0 Å². The Balaban J connectivity index is 1.51. The van der Waals surface area contributed by atoms with Gasteiger partial charge in [-0.3, -0.25) is 4.79 Å². The first-order valence-corrected chi connectivity index (χ1v) is 9.66. The van der Waals surface area contributed by atoms with Gasteiger partial charge < -0.3 is 15.4 Å². The largest absolute Gasteiger partial charge is 0.481 e. The first-order chi connectivity index (χ1) is 14.0. The fraction of sp³-hybridized carbons (Fsp3) is 0.400. The van der Waals surface area contributed by atoms with Gasteiger partial charge in [0, 0.05) is 23.2 Å². The SMILES string of the molecule is O=C(O)[C@H]1[C@H]2CC[C@H](CC2)[C@@H]1Nc1nc(-c2c[nH]c3ncc(F)cc23)ncc1F. The van der Waals surface area contributed by atoms with Crippen LogP contribution in [0.2, 0.25) is 0 Å². The molecule has 2 atom stereocenters. The first kappa shape index (κ1) is 18.0. The Bertz CT molecular complexity index is 1090. The number of hydrogen-bond acceptors (Lipinski definition) is 5. The standard InChI is InChI=1S/C20H19F2N5O2/c21-11-5-12-13(7-24-17(12)23-6-11)18-25-8-14(22)19(27-18)26-16-10-3-1-9(2-4-10)15(16)20(28)29/h5-10,15-16H,1-4H2,(H,23,24)(H,28,29)(H,25,26,27)/t9-,10+,15-,16-/m0/s1. The second-order valence-corrected chi connectivity index (χ2v) is 7.85. The van der Waals surface area contributed by atoms with E-state index >= 15 is 0 Å². The van der Waals surface area contributed by atoms with Gasteiger partial charge in [-0.25, -0.2) is 23.7 Å². The Hall–Kier alpha value is -3.10. The van der Waals surface area contributed by atoms with Crippen molar-refractivity contribution < 1.29 is 18.7 Å². The number of fused-ring (bicyclic) bond motifs is 4. The van der Waals surface area contributed by atoms with Crippen LogP contribution in [0.4, 0.5) is 14.6 Å². The highest BCUT2D eigenvalue weighted by molar-refractivity contribution is 5.91. The number of carboxylic acid groups (broad SMARTS) is 1. The normalized spacial score (nSPS) is 26.0. The lowest BCUT2D eigenvalue weighted by Crippen LogP contribution is -2.51. The Kier molecular flexibility index (Phi) is 4.18. The zero-order valence-corrected chi connectivity index (χ0v) is 15.4. The average molecular weight is 399 g/mol. The molecule has 2 bridgehead atoms. The number of pyridine rings is 1. The lowest BCUT2D eigenvalue weighted by Gasteiger charge is -2.47. The molecule has 0 radical (unpaired) electrons. The van der Waals surface area contributed by atoms with Crippen LogP contribution in [0.25, 0.3) is 22.4 Å². The third-order valence-corrected chi connectivity index (χ3v) is 6.29. The molecule has 3 aliphatic rings. The molecule has 3 aromatic heterocycles. The molecule has 0 amide bonds. The molecule has 0 saturated heterocycles. The van der Waals surface area contributed by atoms with Crippen LogP contribution in [0, 0.1) is 29.4 Å². The highest BCUT2D eigenvalue weighted by atomic mass is 19.1. The quantitative estimate of drug-likeness (QED) is 0.619. The summed E-state index contributed by atoms with van der Waals surface area (Å²) in [5, 5.41) is 13.3. The van der Waals surface area contributed by atoms with Gasteiger partial charge in [0.2, 0.25) is 0 Å². The van der Waals surface area contributed by atoms with Gasteiger partial charge in [0.05, 0.1) is 18.3 Å². The van der Waals surface area contributed by atoms with E-state index in [0.717, 1.165) is 38.1 Å². The van der Waals surface area contributed by atoms with Crippen LogP contribution in [-0.2, 0) is 4.79 Å². The summed E-state index contributed by atoms with van der Waals surface area (Å²) in [6.07, 6.45) is 7.39. The number of carbonyl (C=O) groups is 1. The van der Waals surface area contributed by atoms with E-state index in [1.807, 2.05) is 0 Å². The fourth-order valence-electron chi connectivity index (χ4n) is 4.93. The maximum Gasteiger partial charge on any atom is 0.308 e. The molecule has 7 nitrogen and oxygen atoms in total. The molecule has 6 rings (SSSR count). The monoisotopic (exact) mass is 399 g/mol. The second-order valence-electron chi connectivity index (χ2n) is 7.85. The van der Waals surface area contributed by atoms with Crippen LogP contribution in [0.5, 0.6) is 0 Å². The van der Waals surface area contributed by atoms with E-state index in [4.69, 9.17) is 0 Å². The second kappa shape index (κ2) is 6.75. The zero-order chi connectivity index (χ0) is 20.1. The van der Waals surface area contributed by atoms with Crippen LogP contribution in [0.1, 0.15) is 25.7 Å². The number of H-pyrrole nitrogens is 1. The van der Waals surface area contributed by atoms with Crippen molar-refractivity contribution in [2.24, 2.45) is 17.8 Å². The predicted molar refractivity (Wildman–Crippen MR) is 101 cm³/mol. The van der Waals surface area contributed by atoms with Crippen LogP contribution in [-0.4, -0.2) is 37.1 Å². The van der Waals surface area contributed by atoms with Gasteiger partial charge in [0.1, 0.15) is 11.5 Å². The number of carboxylic acids is 1. The van der Waals surface area contributed by atoms with E-state index in [1.54, 1.807) is 6.20 Å². The maximum atomic E-state index is 14.5. The minimum Gasteiger partial charge on any atom is -0.481 e. The predicted octanol–water partition coefficient (Wildman–Crippen LogP) is 3.60. The van der Waals surface area contributed by atoms with Crippen LogP contribution in [0.15, 0.2) is 24.7 Å². The van der Waals surface area contributed by atoms with Gasteiger partial charge in [-0.2, -0.15) is 0 Å². The van der Waals surface area contributed by atoms with Crippen LogP contribution >= 0.6 is 0 Å². The van der Waals surface area contributed by atoms with E-state index in [9.17, 15) is 18.7 Å². The van der Waals surface area contributed by atoms with Gasteiger partial charge in [0.15, 0.2) is 17.5 Å². The van der Waals surface area contributed by atoms with Crippen molar-refractivity contribution in [1.29, 1.82) is 0 Å². The molecular formula is C20H19F2N5O2. The van der Waals surface area contributed by atoms with Crippen LogP contribution < -0.4 is 5.32 Å². The van der Waals surface area contributed by atoms with E-state index in [1.165, 1.54) is 6.07 Å². The van der Waals surface area contributed by atoms with Gasteiger partial charge >= 0.3 is 5.97 Å². The van der Waals surface area contributed by atoms with Crippen molar-refractivity contribution in [2.45, 2.75) is 31.7 Å². The van der Waals surface area contributed by atoms with E-state index in [-0.39, 0.29) is 29.5 Å². The van der Waals surface area contributed by atoms with Gasteiger partial charge in [0.25, 0.3) is 0 Å². The summed E-state index contributed by atoms with van der Waals surface area (Å²) in [4.78, 5) is 27.1. The van der Waals surface area contributed by atoms with Crippen molar-refractivity contribution in [3.63, 3.8) is 0 Å². The van der Waals surface area contributed by atoms with Gasteiger partial charge in [-0.15, -0.1) is 0 Å². The highest BCUT2D eigenvalue weighted by Crippen LogP contribution is 2.46. The van der Waals surface area contributed by atoms with Crippen molar-refractivity contribution in [1.82, 2.24) is 19.9 Å². The Morgan fingerprint density at radius 2 is 1.90 bits per heavy atom. The molecule has 3 saturated carbocycles. The molecule has 3 aliphatic carbocycles. The lowest BCUT2D eigenvalue weighted by molar-refractivity contribution is -0.148. The maximum absolute atomic E-state index is 14.5. The van der Waals surface area contributed by atoms with Gasteiger partial charge in [-0.05, 0) is 43.6 Å². The summed E-state index contributed by atoms with van der Waals surface area (Å²) >= 11 is 0. The average Bonchev–Trinajstić information content (AvgIpc) is 3.13. The number of hydrogen-bond donors (Lipinski definition) is 3. The number of aromatic amines is 1. The first-order valence-electron chi connectivity index (χ1n) is 9.66. The van der Waals surface area contributed by atoms with E-state index < -0.39 is 23.5 Å². The number of rotatable bonds is 4. The summed E-state index contributed by atoms with van der Waals surface area (Å²) in [7, 11) is 0. The van der Waals surface area contributed by atoms with Gasteiger partial charge in [-0.1, -0.05) is 0 Å². The van der Waals surface area contributed by atoms with E-state index in [0.29, 0.717) is 16.6 Å². The van der Waals surface area contributed by atoms with E-state index in [2.05, 4.69) is 25.3 Å². The lowest BCUT2D eigenvalue weighted by atomic mass is 9.61. The number of anilines is 1. The van der Waals surface area contributed by atoms with Crippen molar-refractivity contribution in [2.75, 3.05) is 5.32 Å². The third-order valence-electron chi connectivity index (χ3n) is 6.29. The molecule has 150 valence electrons. The van der Waals surface area contributed by atoms with Crippen molar-refractivity contribution in [3.05, 3.63) is 36.3 Å². The summed E-state index contributed by atoms with van der Waals surface area (Å²) in [5.41, 5.74) is 0.967. The highest BCUT2D eigenvalue weighted by Gasteiger charge is 2.47. The molecule has 3 N–H and O–H groups in total. The molecule has 3 heterocycles. The minimum atomic E-state index is -0.857. The Labute approximate surface area is 164 Å². The Morgan fingerprint density at radius 3 is 2.66 bits per heavy atom. The number of nitrogens with zero attached hydrogens (tertiary/aromatic N) is 3. The number of nitrogens with one attached hydrogen (secondary N) is 2. The number of halogens is 2. The summed E-state index contributed by atoms with van der Waals surface area (Å²) in [6.45, 7) is 0. The topological polar surface area (TPSA) is 104 Å². The molecule has 0 spiro atoms. The zero-order valence-electron chi connectivity index (χ0n) is 15.4. The number of aromatic nitrogens is 4. The minimum absolute atomic E-state index is 0.0301. The third kappa shape index (κ3) is 3.01. The molecule has 3 aromatic rings. The summed E-state index contributed by atoms with van der Waals surface area (Å²) in [5.74, 6) is -2.12. The molecule has 0 unspecified atom stereocenters. The molecular weight excluding hydrogens is 380 g/mol. The van der Waals surface area contributed by atoms with Crippen molar-refractivity contribution in [3.8, 4) is 11.4 Å². The summed E-state index contributed by atoms with van der Waals surface area (Å²) < 4.78 is 28.1. The molecule has 9 heteroatoms. The Morgan fingerprint density at radius 1 is 1.14 bits per heavy atom.